The lowest BCUT2D eigenvalue weighted by Gasteiger charge is -2.27. The molecule has 1 fully saturated rings. The van der Waals surface area contributed by atoms with Crippen LogP contribution in [-0.4, -0.2) is 55.0 Å². The average molecular weight is 525 g/mol. The third-order valence-corrected chi connectivity index (χ3v) is 7.44. The number of rotatable bonds is 5. The summed E-state index contributed by atoms with van der Waals surface area (Å²) in [5.41, 5.74) is -3.66. The molecule has 0 aliphatic carbocycles. The smallest absolute Gasteiger partial charge is 0.415 e. The van der Waals surface area contributed by atoms with E-state index in [1.165, 1.54) is 32.0 Å². The monoisotopic (exact) mass is 524 g/mol. The molecular weight excluding hydrogens is 497 g/mol. The Labute approximate surface area is 209 Å². The number of carbonyl (C=O) groups is 1. The van der Waals surface area contributed by atoms with E-state index in [4.69, 9.17) is 4.42 Å². The van der Waals surface area contributed by atoms with Crippen molar-refractivity contribution >= 4 is 17.2 Å². The van der Waals surface area contributed by atoms with Crippen molar-refractivity contribution in [2.75, 3.05) is 6.54 Å². The third kappa shape index (κ3) is 4.64. The lowest BCUT2D eigenvalue weighted by Crippen LogP contribution is -2.39. The first kappa shape index (κ1) is 26.2. The van der Waals surface area contributed by atoms with Gasteiger partial charge in [0, 0.05) is 12.6 Å². The highest BCUT2D eigenvalue weighted by Gasteiger charge is 2.51. The predicted octanol–water partition coefficient (Wildman–Crippen LogP) is 4.79. The summed E-state index contributed by atoms with van der Waals surface area (Å²) in [6.45, 7) is 7.80. The van der Waals surface area contributed by atoms with Gasteiger partial charge in [-0.25, -0.2) is 4.98 Å². The number of halogens is 3. The molecule has 4 rings (SSSR count). The first-order valence-electron chi connectivity index (χ1n) is 11.4. The molecule has 8 nitrogen and oxygen atoms in total. The van der Waals surface area contributed by atoms with Crippen molar-refractivity contribution in [1.29, 1.82) is 0 Å². The van der Waals surface area contributed by atoms with Crippen LogP contribution in [0.1, 0.15) is 68.0 Å². The molecule has 1 unspecified atom stereocenters. The number of aliphatic hydroxyl groups is 2. The Morgan fingerprint density at radius 3 is 2.42 bits per heavy atom. The number of hydrogen-bond donors (Lipinski definition) is 2. The van der Waals surface area contributed by atoms with Crippen LogP contribution < -0.4 is 0 Å². The number of alkyl halides is 3. The Morgan fingerprint density at radius 1 is 1.19 bits per heavy atom. The second kappa shape index (κ2) is 8.93. The van der Waals surface area contributed by atoms with Gasteiger partial charge in [-0.05, 0) is 64.2 Å². The molecule has 194 valence electrons. The number of likely N-dealkylation sites (tertiary alicyclic amines) is 1. The van der Waals surface area contributed by atoms with Crippen molar-refractivity contribution in [3.05, 3.63) is 40.9 Å². The number of thiazole rings is 1. The molecule has 1 saturated heterocycles. The molecule has 3 heterocycles. The molecule has 0 radical (unpaired) electrons. The summed E-state index contributed by atoms with van der Waals surface area (Å²) in [6.07, 6.45) is -3.14. The Hall–Kier alpha value is -2.83. The minimum absolute atomic E-state index is 0.0150. The van der Waals surface area contributed by atoms with Gasteiger partial charge in [0.05, 0.1) is 4.88 Å². The van der Waals surface area contributed by atoms with Crippen LogP contribution in [0.15, 0.2) is 22.6 Å². The summed E-state index contributed by atoms with van der Waals surface area (Å²) in [4.78, 5) is 20.2. The van der Waals surface area contributed by atoms with Gasteiger partial charge in [-0.15, -0.1) is 21.5 Å². The van der Waals surface area contributed by atoms with Gasteiger partial charge < -0.3 is 19.5 Å². The van der Waals surface area contributed by atoms with Crippen molar-refractivity contribution in [1.82, 2.24) is 20.1 Å². The molecule has 2 N–H and O–H groups in total. The number of aryl methyl sites for hydroxylation is 1. The number of nitrogens with zero attached hydrogens (tertiary/aromatic N) is 4. The highest BCUT2D eigenvalue weighted by atomic mass is 32.1. The van der Waals surface area contributed by atoms with E-state index in [9.17, 15) is 28.2 Å². The molecule has 1 aliphatic heterocycles. The van der Waals surface area contributed by atoms with E-state index in [-0.39, 0.29) is 40.0 Å². The van der Waals surface area contributed by atoms with Crippen LogP contribution in [0.2, 0.25) is 0 Å². The van der Waals surface area contributed by atoms with E-state index in [1.807, 2.05) is 6.92 Å². The number of hydrogen-bond acceptors (Lipinski definition) is 8. The van der Waals surface area contributed by atoms with E-state index in [1.54, 1.807) is 11.8 Å². The number of amides is 1. The van der Waals surface area contributed by atoms with Gasteiger partial charge in [0.1, 0.15) is 11.3 Å². The van der Waals surface area contributed by atoms with E-state index >= 15 is 0 Å². The first-order valence-corrected chi connectivity index (χ1v) is 12.2. The van der Waals surface area contributed by atoms with E-state index in [0.717, 1.165) is 24.2 Å². The maximum atomic E-state index is 13.5. The topological polar surface area (TPSA) is 113 Å². The molecule has 0 saturated carbocycles. The molecule has 2 atom stereocenters. The quantitative estimate of drug-likeness (QED) is 0.493. The highest BCUT2D eigenvalue weighted by molar-refractivity contribution is 7.18. The molecular formula is C24H27F3N4O4S. The van der Waals surface area contributed by atoms with E-state index in [2.05, 4.69) is 15.2 Å². The lowest BCUT2D eigenvalue weighted by molar-refractivity contribution is -0.258. The maximum Gasteiger partial charge on any atom is 0.421 e. The van der Waals surface area contributed by atoms with Gasteiger partial charge in [-0.3, -0.25) is 4.79 Å². The summed E-state index contributed by atoms with van der Waals surface area (Å²) in [6, 6.07) is 3.92. The molecule has 3 aromatic rings. The standard InChI is InChI=1S/C24H27F3N4O4S/c1-12-11-14(23(5,34)24(25,26)27)8-9-15(12)17-16(20(32)31-10-6-7-13(31)2)28-19(36-17)18-29-30-21(35-18)22(3,4)33/h8-9,11,13,33-34H,6-7,10H2,1-5H3/t13-,23?/m0/s1. The van der Waals surface area contributed by atoms with E-state index in [0.29, 0.717) is 29.5 Å². The number of benzene rings is 1. The largest absolute Gasteiger partial charge is 0.421 e. The molecule has 1 aromatic carbocycles. The van der Waals surface area contributed by atoms with Crippen molar-refractivity contribution < 1.29 is 32.6 Å². The lowest BCUT2D eigenvalue weighted by atomic mass is 9.91. The fraction of sp³-hybridized carbons (Fsp3) is 0.500. The second-order valence-corrected chi connectivity index (χ2v) is 10.8. The van der Waals surface area contributed by atoms with Crippen LogP contribution in [0.5, 0.6) is 0 Å². The second-order valence-electron chi connectivity index (χ2n) is 9.76. The van der Waals surface area contributed by atoms with Crippen LogP contribution in [0.25, 0.3) is 21.3 Å². The van der Waals surface area contributed by atoms with Gasteiger partial charge >= 0.3 is 6.18 Å². The minimum Gasteiger partial charge on any atom is -0.415 e. The van der Waals surface area contributed by atoms with Crippen LogP contribution in [-0.2, 0) is 11.2 Å². The molecule has 1 aliphatic rings. The fourth-order valence-electron chi connectivity index (χ4n) is 4.05. The van der Waals surface area contributed by atoms with Gasteiger partial charge in [0.15, 0.2) is 10.6 Å². The minimum atomic E-state index is -4.86. The number of carbonyl (C=O) groups excluding carboxylic acids is 1. The first-order chi connectivity index (χ1) is 16.6. The zero-order valence-corrected chi connectivity index (χ0v) is 21.3. The van der Waals surface area contributed by atoms with Crippen molar-refractivity contribution in [2.24, 2.45) is 0 Å². The Kier molecular flexibility index (Phi) is 6.51. The van der Waals surface area contributed by atoms with Gasteiger partial charge in [-0.2, -0.15) is 13.2 Å². The molecule has 2 aromatic heterocycles. The van der Waals surface area contributed by atoms with Gasteiger partial charge in [0.25, 0.3) is 11.8 Å². The SMILES string of the molecule is Cc1cc(C(C)(O)C(F)(F)F)ccc1-c1sc(-c2nnc(C(C)(C)O)o2)nc1C(=O)N1CCC[C@@H]1C. The van der Waals surface area contributed by atoms with Crippen molar-refractivity contribution in [3.8, 4) is 21.3 Å². The predicted molar refractivity (Wildman–Crippen MR) is 126 cm³/mol. The molecule has 0 bridgehead atoms. The third-order valence-electron chi connectivity index (χ3n) is 6.36. The average Bonchev–Trinajstić information content (AvgIpc) is 3.51. The molecule has 12 heteroatoms. The van der Waals surface area contributed by atoms with Crippen molar-refractivity contribution in [2.45, 2.75) is 70.9 Å². The Bertz CT molecular complexity index is 1290. The molecule has 1 amide bonds. The number of aromatic nitrogens is 3. The van der Waals surface area contributed by atoms with Crippen LogP contribution >= 0.6 is 11.3 Å². The highest BCUT2D eigenvalue weighted by Crippen LogP contribution is 2.42. The summed E-state index contributed by atoms with van der Waals surface area (Å²) < 4.78 is 45.7. The van der Waals surface area contributed by atoms with E-state index < -0.39 is 17.4 Å². The van der Waals surface area contributed by atoms with Crippen molar-refractivity contribution in [3.63, 3.8) is 0 Å². The Balaban J connectivity index is 1.83. The zero-order chi connectivity index (χ0) is 26.6. The molecule has 0 spiro atoms. The summed E-state index contributed by atoms with van der Waals surface area (Å²) >= 11 is 1.09. The van der Waals surface area contributed by atoms with Crippen LogP contribution in [0.4, 0.5) is 13.2 Å². The summed E-state index contributed by atoms with van der Waals surface area (Å²) in [5, 5.41) is 28.3. The molecule has 36 heavy (non-hydrogen) atoms. The summed E-state index contributed by atoms with van der Waals surface area (Å²) in [5.74, 6) is -0.308. The van der Waals surface area contributed by atoms with Crippen LogP contribution in [0, 0.1) is 6.92 Å². The zero-order valence-electron chi connectivity index (χ0n) is 20.5. The van der Waals surface area contributed by atoms with Gasteiger partial charge in [0.2, 0.25) is 5.89 Å². The van der Waals surface area contributed by atoms with Gasteiger partial charge in [-0.1, -0.05) is 18.2 Å². The van der Waals surface area contributed by atoms with Crippen LogP contribution in [0.3, 0.4) is 0 Å². The maximum absolute atomic E-state index is 13.5. The Morgan fingerprint density at radius 2 is 1.89 bits per heavy atom. The normalized spacial score (nSPS) is 18.5. The fourth-order valence-corrected chi connectivity index (χ4v) is 5.12. The summed E-state index contributed by atoms with van der Waals surface area (Å²) in [7, 11) is 0.